The minimum Gasteiger partial charge on any atom is -0.478 e. The van der Waals surface area contributed by atoms with Crippen LogP contribution in [0.15, 0.2) is 47.8 Å². The highest BCUT2D eigenvalue weighted by atomic mass is 35.5. The highest BCUT2D eigenvalue weighted by Crippen LogP contribution is 2.37. The van der Waals surface area contributed by atoms with Gasteiger partial charge < -0.3 is 10.4 Å². The molecule has 1 amide bonds. The number of aromatic nitrogens is 1. The van der Waals surface area contributed by atoms with Gasteiger partial charge in [-0.15, -0.1) is 22.7 Å². The first-order valence-electron chi connectivity index (χ1n) is 7.91. The van der Waals surface area contributed by atoms with Crippen LogP contribution in [0.3, 0.4) is 0 Å². The molecule has 9 heteroatoms. The molecule has 2 heterocycles. The zero-order valence-corrected chi connectivity index (χ0v) is 16.3. The molecule has 0 aliphatic heterocycles. The standard InChI is InChI=1S/C19H10ClFN2O3S2/c20-10-6-4-9(5-7-10)15-14(19(25)26)13(8-27-15)22-17(24)18-23-12-3-1-2-11(21)16(12)28-18/h1-8H,(H,22,24)(H,25,26). The molecule has 2 aromatic carbocycles. The third-order valence-electron chi connectivity index (χ3n) is 3.92. The van der Waals surface area contributed by atoms with Gasteiger partial charge in [-0.2, -0.15) is 0 Å². The maximum Gasteiger partial charge on any atom is 0.339 e. The van der Waals surface area contributed by atoms with E-state index in [-0.39, 0.29) is 21.0 Å². The second-order valence-corrected chi connectivity index (χ2v) is 8.04. The molecule has 28 heavy (non-hydrogen) atoms. The van der Waals surface area contributed by atoms with Crippen molar-refractivity contribution in [3.8, 4) is 10.4 Å². The fraction of sp³-hybridized carbons (Fsp3) is 0. The van der Waals surface area contributed by atoms with E-state index in [4.69, 9.17) is 11.6 Å². The molecule has 0 aliphatic rings. The Morgan fingerprint density at radius 2 is 1.89 bits per heavy atom. The largest absolute Gasteiger partial charge is 0.478 e. The van der Waals surface area contributed by atoms with E-state index in [2.05, 4.69) is 10.3 Å². The lowest BCUT2D eigenvalue weighted by molar-refractivity contribution is 0.0699. The molecule has 0 spiro atoms. The molecule has 0 aliphatic carbocycles. The smallest absolute Gasteiger partial charge is 0.339 e. The average molecular weight is 433 g/mol. The number of hydrogen-bond donors (Lipinski definition) is 2. The minimum absolute atomic E-state index is 0.0204. The van der Waals surface area contributed by atoms with E-state index in [1.165, 1.54) is 23.5 Å². The zero-order valence-electron chi connectivity index (χ0n) is 13.9. The van der Waals surface area contributed by atoms with Crippen molar-refractivity contribution >= 4 is 62.1 Å². The summed E-state index contributed by atoms with van der Waals surface area (Å²) in [7, 11) is 0. The van der Waals surface area contributed by atoms with Gasteiger partial charge in [0.1, 0.15) is 11.4 Å². The maximum absolute atomic E-state index is 13.8. The summed E-state index contributed by atoms with van der Waals surface area (Å²) in [4.78, 5) is 29.0. The third-order valence-corrected chi connectivity index (χ3v) is 6.28. The van der Waals surface area contributed by atoms with Gasteiger partial charge >= 0.3 is 5.97 Å². The van der Waals surface area contributed by atoms with Crippen molar-refractivity contribution < 1.29 is 19.1 Å². The van der Waals surface area contributed by atoms with E-state index in [0.717, 1.165) is 11.3 Å². The van der Waals surface area contributed by atoms with Crippen LogP contribution in [0, 0.1) is 5.82 Å². The number of aromatic carboxylic acids is 1. The molecule has 0 atom stereocenters. The van der Waals surface area contributed by atoms with E-state index >= 15 is 0 Å². The molecule has 0 saturated heterocycles. The van der Waals surface area contributed by atoms with Crippen LogP contribution < -0.4 is 5.32 Å². The number of carboxylic acid groups (broad SMARTS) is 1. The van der Waals surface area contributed by atoms with Crippen molar-refractivity contribution in [3.05, 3.63) is 69.3 Å². The van der Waals surface area contributed by atoms with Gasteiger partial charge in [-0.1, -0.05) is 29.8 Å². The highest BCUT2D eigenvalue weighted by molar-refractivity contribution is 7.20. The Kier molecular flexibility index (Phi) is 4.84. The lowest BCUT2D eigenvalue weighted by atomic mass is 10.1. The molecule has 5 nitrogen and oxygen atoms in total. The van der Waals surface area contributed by atoms with Crippen molar-refractivity contribution in [2.75, 3.05) is 5.32 Å². The van der Waals surface area contributed by atoms with Crippen LogP contribution in [-0.2, 0) is 0 Å². The van der Waals surface area contributed by atoms with E-state index in [1.54, 1.807) is 35.7 Å². The number of nitrogens with zero attached hydrogens (tertiary/aromatic N) is 1. The van der Waals surface area contributed by atoms with Gasteiger partial charge in [0.05, 0.1) is 20.8 Å². The lowest BCUT2D eigenvalue weighted by Crippen LogP contribution is -2.13. The van der Waals surface area contributed by atoms with Gasteiger partial charge in [-0.05, 0) is 29.8 Å². The Morgan fingerprint density at radius 3 is 2.57 bits per heavy atom. The number of thiophene rings is 1. The Hall–Kier alpha value is -2.81. The molecule has 0 unspecified atom stereocenters. The van der Waals surface area contributed by atoms with Crippen LogP contribution in [0.5, 0.6) is 0 Å². The molecule has 0 radical (unpaired) electrons. The number of thiazole rings is 1. The van der Waals surface area contributed by atoms with Crippen molar-refractivity contribution in [2.24, 2.45) is 0 Å². The van der Waals surface area contributed by atoms with E-state index < -0.39 is 17.7 Å². The van der Waals surface area contributed by atoms with Gasteiger partial charge in [0.2, 0.25) is 0 Å². The fourth-order valence-electron chi connectivity index (χ4n) is 2.66. The average Bonchev–Trinajstić information content (AvgIpc) is 3.27. The van der Waals surface area contributed by atoms with Crippen LogP contribution >= 0.6 is 34.3 Å². The van der Waals surface area contributed by atoms with Crippen LogP contribution in [0.25, 0.3) is 20.7 Å². The first kappa shape index (κ1) is 18.5. The number of carboxylic acids is 1. The first-order valence-corrected chi connectivity index (χ1v) is 9.98. The van der Waals surface area contributed by atoms with Crippen LogP contribution in [0.1, 0.15) is 20.2 Å². The summed E-state index contributed by atoms with van der Waals surface area (Å²) in [5.74, 6) is -2.22. The molecule has 0 bridgehead atoms. The van der Waals surface area contributed by atoms with Crippen molar-refractivity contribution in [2.45, 2.75) is 0 Å². The number of carbonyl (C=O) groups is 2. The third kappa shape index (κ3) is 3.37. The summed E-state index contributed by atoms with van der Waals surface area (Å²) in [6, 6.07) is 11.2. The van der Waals surface area contributed by atoms with Crippen molar-refractivity contribution in [3.63, 3.8) is 0 Å². The maximum atomic E-state index is 13.8. The normalized spacial score (nSPS) is 10.9. The van der Waals surface area contributed by atoms with Gasteiger partial charge in [0.15, 0.2) is 5.01 Å². The Balaban J connectivity index is 1.69. The number of hydrogen-bond acceptors (Lipinski definition) is 5. The second kappa shape index (κ2) is 7.31. The molecule has 2 aromatic heterocycles. The van der Waals surface area contributed by atoms with E-state index in [9.17, 15) is 19.1 Å². The molecule has 4 rings (SSSR count). The molecule has 140 valence electrons. The number of benzene rings is 2. The summed E-state index contributed by atoms with van der Waals surface area (Å²) < 4.78 is 14.1. The number of anilines is 1. The van der Waals surface area contributed by atoms with Crippen molar-refractivity contribution in [1.82, 2.24) is 4.98 Å². The molecule has 2 N–H and O–H groups in total. The molecular weight excluding hydrogens is 423 g/mol. The summed E-state index contributed by atoms with van der Waals surface area (Å²) in [5.41, 5.74) is 1.19. The van der Waals surface area contributed by atoms with Crippen molar-refractivity contribution in [1.29, 1.82) is 0 Å². The van der Waals surface area contributed by atoms with Gasteiger partial charge in [0, 0.05) is 10.4 Å². The number of carbonyl (C=O) groups excluding carboxylic acids is 1. The highest BCUT2D eigenvalue weighted by Gasteiger charge is 2.23. The Morgan fingerprint density at radius 1 is 1.14 bits per heavy atom. The minimum atomic E-state index is -1.17. The Bertz CT molecular complexity index is 1220. The number of halogens is 2. The fourth-order valence-corrected chi connectivity index (χ4v) is 4.65. The molecule has 4 aromatic rings. The number of fused-ring (bicyclic) bond motifs is 1. The molecule has 0 saturated carbocycles. The van der Waals surface area contributed by atoms with E-state index in [1.807, 2.05) is 0 Å². The van der Waals surface area contributed by atoms with Crippen LogP contribution in [0.2, 0.25) is 5.02 Å². The summed E-state index contributed by atoms with van der Waals surface area (Å²) in [6.45, 7) is 0. The van der Waals surface area contributed by atoms with Crippen LogP contribution in [0.4, 0.5) is 10.1 Å². The molecule has 0 fully saturated rings. The number of amides is 1. The van der Waals surface area contributed by atoms with Gasteiger partial charge in [-0.25, -0.2) is 14.2 Å². The summed E-state index contributed by atoms with van der Waals surface area (Å²) in [6.07, 6.45) is 0. The summed E-state index contributed by atoms with van der Waals surface area (Å²) in [5, 5.41) is 14.4. The van der Waals surface area contributed by atoms with Gasteiger partial charge in [0.25, 0.3) is 5.91 Å². The van der Waals surface area contributed by atoms with E-state index in [0.29, 0.717) is 21.0 Å². The Labute approximate surface area is 171 Å². The zero-order chi connectivity index (χ0) is 19.8. The first-order chi connectivity index (χ1) is 13.4. The van der Waals surface area contributed by atoms with Gasteiger partial charge in [-0.3, -0.25) is 4.79 Å². The monoisotopic (exact) mass is 432 g/mol. The second-order valence-electron chi connectivity index (χ2n) is 5.73. The quantitative estimate of drug-likeness (QED) is 0.429. The number of nitrogens with one attached hydrogen (secondary N) is 1. The topological polar surface area (TPSA) is 79.3 Å². The number of rotatable bonds is 4. The SMILES string of the molecule is O=C(Nc1csc(-c2ccc(Cl)cc2)c1C(=O)O)c1nc2cccc(F)c2s1. The predicted molar refractivity (Wildman–Crippen MR) is 109 cm³/mol. The lowest BCUT2D eigenvalue weighted by Gasteiger charge is -2.05. The molecular formula is C19H10ClFN2O3S2. The summed E-state index contributed by atoms with van der Waals surface area (Å²) >= 11 is 7.99. The predicted octanol–water partition coefficient (Wildman–Crippen LogP) is 5.77. The van der Waals surface area contributed by atoms with Crippen LogP contribution in [-0.4, -0.2) is 22.0 Å².